The third-order valence-corrected chi connectivity index (χ3v) is 6.23. The zero-order chi connectivity index (χ0) is 22.4. The highest BCUT2D eigenvalue weighted by Crippen LogP contribution is 2.38. The van der Waals surface area contributed by atoms with Gasteiger partial charge in [0.1, 0.15) is 17.7 Å². The van der Waals surface area contributed by atoms with Crippen LogP contribution < -0.4 is 9.91 Å². The Balaban J connectivity index is 1.61. The van der Waals surface area contributed by atoms with Crippen LogP contribution >= 0.6 is 15.9 Å². The van der Waals surface area contributed by atoms with E-state index in [1.807, 2.05) is 37.3 Å². The van der Waals surface area contributed by atoms with Gasteiger partial charge in [0.15, 0.2) is 0 Å². The second kappa shape index (κ2) is 7.84. The summed E-state index contributed by atoms with van der Waals surface area (Å²) in [6.45, 7) is 1.96. The van der Waals surface area contributed by atoms with Crippen LogP contribution in [0.1, 0.15) is 15.9 Å². The van der Waals surface area contributed by atoms with Gasteiger partial charge in [-0.3, -0.25) is 19.4 Å². The molecule has 0 aromatic heterocycles. The summed E-state index contributed by atoms with van der Waals surface area (Å²) >= 11 is 3.37. The number of nitrogens with zero attached hydrogens (tertiary/aromatic N) is 3. The predicted octanol–water partition coefficient (Wildman–Crippen LogP) is 4.37. The maximum atomic E-state index is 13.5. The van der Waals surface area contributed by atoms with Gasteiger partial charge in [-0.05, 0) is 43.3 Å². The Labute approximate surface area is 193 Å². The van der Waals surface area contributed by atoms with E-state index in [1.54, 1.807) is 48.5 Å². The van der Waals surface area contributed by atoms with E-state index in [0.717, 1.165) is 14.9 Å². The van der Waals surface area contributed by atoms with Gasteiger partial charge in [0.05, 0.1) is 11.4 Å². The molecule has 5 rings (SSSR count). The Morgan fingerprint density at radius 1 is 0.844 bits per heavy atom. The number of carbonyl (C=O) groups is 3. The molecule has 2 aliphatic rings. The van der Waals surface area contributed by atoms with Gasteiger partial charge >= 0.3 is 0 Å². The molecular weight excluding hydrogens is 470 g/mol. The third-order valence-electron chi connectivity index (χ3n) is 5.70. The zero-order valence-electron chi connectivity index (χ0n) is 17.1. The molecule has 2 amide bonds. The first kappa shape index (κ1) is 20.3. The molecule has 0 radical (unpaired) electrons. The van der Waals surface area contributed by atoms with Crippen LogP contribution in [0.15, 0.2) is 88.4 Å². The number of carbonyl (C=O) groups excluding carboxylic acids is 3. The molecule has 7 heteroatoms. The summed E-state index contributed by atoms with van der Waals surface area (Å²) in [5, 5.41) is 6.03. The van der Waals surface area contributed by atoms with Crippen LogP contribution in [0.25, 0.3) is 0 Å². The summed E-state index contributed by atoms with van der Waals surface area (Å²) < 4.78 is 0.836. The molecule has 0 aliphatic carbocycles. The molecular formula is C25H18BrN3O3. The molecule has 0 saturated carbocycles. The molecule has 2 unspecified atom stereocenters. The van der Waals surface area contributed by atoms with Crippen molar-refractivity contribution < 1.29 is 14.4 Å². The molecule has 32 heavy (non-hydrogen) atoms. The topological polar surface area (TPSA) is 70.1 Å². The van der Waals surface area contributed by atoms with Crippen LogP contribution in [0, 0.1) is 12.8 Å². The maximum Gasteiger partial charge on any atom is 0.259 e. The van der Waals surface area contributed by atoms with Crippen molar-refractivity contribution in [3.8, 4) is 0 Å². The van der Waals surface area contributed by atoms with Crippen molar-refractivity contribution in [2.75, 3.05) is 9.91 Å². The first-order valence-corrected chi connectivity index (χ1v) is 10.9. The number of aryl methyl sites for hydroxylation is 1. The second-order valence-corrected chi connectivity index (χ2v) is 8.69. The van der Waals surface area contributed by atoms with Crippen molar-refractivity contribution in [3.05, 3.63) is 94.5 Å². The monoisotopic (exact) mass is 487 g/mol. The average molecular weight is 488 g/mol. The van der Waals surface area contributed by atoms with Gasteiger partial charge in [0.25, 0.3) is 5.91 Å². The van der Waals surface area contributed by atoms with Crippen LogP contribution in [0.4, 0.5) is 11.4 Å². The number of Topliss-reactive ketones (excluding diaryl/α,β-unsaturated/α-hetero) is 1. The number of imide groups is 1. The normalized spacial score (nSPS) is 19.9. The maximum absolute atomic E-state index is 13.5. The molecule has 2 aliphatic heterocycles. The molecule has 158 valence electrons. The highest BCUT2D eigenvalue weighted by atomic mass is 79.9. The van der Waals surface area contributed by atoms with Gasteiger partial charge in [-0.15, -0.1) is 0 Å². The van der Waals surface area contributed by atoms with Crippen molar-refractivity contribution in [2.24, 2.45) is 11.0 Å². The standard InChI is InChI=1S/C25H18BrN3O3/c1-15-7-11-19(12-8-15)29-22-20(21(27-29)23(30)16-5-3-2-4-6-16)24(31)28(25(22)32)18-13-9-17(26)10-14-18/h2-14,20,22H,1H3. The summed E-state index contributed by atoms with van der Waals surface area (Å²) in [6, 6.07) is 22.2. The van der Waals surface area contributed by atoms with E-state index in [-0.39, 0.29) is 11.5 Å². The van der Waals surface area contributed by atoms with Gasteiger partial charge in [-0.25, -0.2) is 4.90 Å². The lowest BCUT2D eigenvalue weighted by molar-refractivity contribution is -0.121. The van der Waals surface area contributed by atoms with Crippen LogP contribution in [0.3, 0.4) is 0 Å². The third kappa shape index (κ3) is 3.26. The molecule has 1 saturated heterocycles. The van der Waals surface area contributed by atoms with Crippen molar-refractivity contribution in [3.63, 3.8) is 0 Å². The smallest absolute Gasteiger partial charge is 0.259 e. The molecule has 2 heterocycles. The fourth-order valence-corrected chi connectivity index (χ4v) is 4.36. The Hall–Kier alpha value is -3.58. The lowest BCUT2D eigenvalue weighted by Gasteiger charge is -2.22. The molecule has 0 spiro atoms. The highest BCUT2D eigenvalue weighted by Gasteiger charge is 2.58. The van der Waals surface area contributed by atoms with E-state index in [9.17, 15) is 14.4 Å². The largest absolute Gasteiger partial charge is 0.287 e. The molecule has 2 atom stereocenters. The van der Waals surface area contributed by atoms with E-state index in [1.165, 1.54) is 5.01 Å². The van der Waals surface area contributed by atoms with E-state index >= 15 is 0 Å². The number of rotatable bonds is 4. The highest BCUT2D eigenvalue weighted by molar-refractivity contribution is 9.10. The molecule has 3 aromatic rings. The number of ketones is 1. The summed E-state index contributed by atoms with van der Waals surface area (Å²) in [6.07, 6.45) is 0. The van der Waals surface area contributed by atoms with Crippen molar-refractivity contribution >= 4 is 50.6 Å². The lowest BCUT2D eigenvalue weighted by Crippen LogP contribution is -2.39. The summed E-state index contributed by atoms with van der Waals surface area (Å²) in [7, 11) is 0. The van der Waals surface area contributed by atoms with E-state index < -0.39 is 23.8 Å². The van der Waals surface area contributed by atoms with Crippen LogP contribution in [-0.4, -0.2) is 29.4 Å². The minimum Gasteiger partial charge on any atom is -0.287 e. The number of hydrogen-bond acceptors (Lipinski definition) is 5. The Kier molecular flexibility index (Phi) is 4.98. The summed E-state index contributed by atoms with van der Waals surface area (Å²) in [5.74, 6) is -2.17. The van der Waals surface area contributed by atoms with Gasteiger partial charge < -0.3 is 0 Å². The molecule has 1 fully saturated rings. The first-order chi connectivity index (χ1) is 15.5. The van der Waals surface area contributed by atoms with Gasteiger partial charge in [0.2, 0.25) is 11.7 Å². The minimum atomic E-state index is -0.972. The SMILES string of the molecule is Cc1ccc(N2N=C(C(=O)c3ccccc3)C3C(=O)N(c4ccc(Br)cc4)C(=O)C32)cc1. The van der Waals surface area contributed by atoms with Gasteiger partial charge in [-0.2, -0.15) is 5.10 Å². The Morgan fingerprint density at radius 3 is 2.12 bits per heavy atom. The second-order valence-electron chi connectivity index (χ2n) is 7.77. The quantitative estimate of drug-likeness (QED) is 0.404. The number of benzene rings is 3. The Bertz CT molecular complexity index is 1250. The summed E-state index contributed by atoms with van der Waals surface area (Å²) in [5.41, 5.74) is 2.69. The summed E-state index contributed by atoms with van der Waals surface area (Å²) in [4.78, 5) is 41.5. The predicted molar refractivity (Wildman–Crippen MR) is 126 cm³/mol. The van der Waals surface area contributed by atoms with E-state index in [0.29, 0.717) is 16.9 Å². The first-order valence-electron chi connectivity index (χ1n) is 10.1. The fraction of sp³-hybridized carbons (Fsp3) is 0.120. The van der Waals surface area contributed by atoms with Gasteiger partial charge in [-0.1, -0.05) is 64.0 Å². The lowest BCUT2D eigenvalue weighted by atomic mass is 9.92. The molecule has 3 aromatic carbocycles. The molecule has 0 bridgehead atoms. The average Bonchev–Trinajstić information content (AvgIpc) is 3.32. The van der Waals surface area contributed by atoms with Crippen molar-refractivity contribution in [1.82, 2.24) is 0 Å². The van der Waals surface area contributed by atoms with Crippen LogP contribution in [-0.2, 0) is 9.59 Å². The van der Waals surface area contributed by atoms with Crippen LogP contribution in [0.5, 0.6) is 0 Å². The van der Waals surface area contributed by atoms with Crippen molar-refractivity contribution in [2.45, 2.75) is 13.0 Å². The number of amides is 2. The Morgan fingerprint density at radius 2 is 1.47 bits per heavy atom. The number of anilines is 2. The number of hydrogen-bond donors (Lipinski definition) is 0. The van der Waals surface area contributed by atoms with Gasteiger partial charge in [0, 0.05) is 10.0 Å². The zero-order valence-corrected chi connectivity index (χ0v) is 18.7. The minimum absolute atomic E-state index is 0.0831. The van der Waals surface area contributed by atoms with E-state index in [2.05, 4.69) is 21.0 Å². The number of hydrazone groups is 1. The van der Waals surface area contributed by atoms with E-state index in [4.69, 9.17) is 0 Å². The molecule has 0 N–H and O–H groups in total. The van der Waals surface area contributed by atoms with Crippen LogP contribution in [0.2, 0.25) is 0 Å². The number of fused-ring (bicyclic) bond motifs is 1. The fourth-order valence-electron chi connectivity index (χ4n) is 4.09. The molecule has 6 nitrogen and oxygen atoms in total. The number of halogens is 1. The van der Waals surface area contributed by atoms with Crippen molar-refractivity contribution in [1.29, 1.82) is 0 Å².